The zero-order chi connectivity index (χ0) is 20.2. The van der Waals surface area contributed by atoms with Gasteiger partial charge in [-0.2, -0.15) is 0 Å². The van der Waals surface area contributed by atoms with Crippen molar-refractivity contribution < 1.29 is 14.1 Å². The molecule has 4 aliphatic rings. The molecule has 5 heteroatoms. The highest BCUT2D eigenvalue weighted by molar-refractivity contribution is 5.94. The minimum absolute atomic E-state index is 0.0372. The second kappa shape index (κ2) is 6.89. The lowest BCUT2D eigenvalue weighted by Gasteiger charge is -2.56. The summed E-state index contributed by atoms with van der Waals surface area (Å²) in [4.78, 5) is 13.2. The zero-order valence-electron chi connectivity index (χ0n) is 17.6. The van der Waals surface area contributed by atoms with E-state index in [1.54, 1.807) is 0 Å². The van der Waals surface area contributed by atoms with Gasteiger partial charge in [-0.15, -0.1) is 0 Å². The van der Waals surface area contributed by atoms with E-state index in [-0.39, 0.29) is 18.1 Å². The Hall–Kier alpha value is -2.30. The molecule has 1 heterocycles. The fraction of sp³-hybridized carbons (Fsp3) is 0.583. The van der Waals surface area contributed by atoms with Crippen LogP contribution in [0.15, 0.2) is 22.7 Å². The van der Waals surface area contributed by atoms with Crippen LogP contribution in [0, 0.1) is 38.5 Å². The van der Waals surface area contributed by atoms with Crippen molar-refractivity contribution in [3.63, 3.8) is 0 Å². The Bertz CT molecular complexity index is 890. The summed E-state index contributed by atoms with van der Waals surface area (Å²) in [7, 11) is 0. The molecule has 4 fully saturated rings. The first-order valence-corrected chi connectivity index (χ1v) is 10.9. The molecule has 29 heavy (non-hydrogen) atoms. The minimum atomic E-state index is -0.108. The lowest BCUT2D eigenvalue weighted by Crippen LogP contribution is -2.60. The second-order valence-electron chi connectivity index (χ2n) is 9.83. The standard InChI is InChI=1S/C24H30N2O3/c1-14-4-15(2)6-20(5-14)28-13-21-16(3)29-26-22(21)23(27)25-24-10-17-7-18(11-24)9-19(8-17)12-24/h4-6,17-19H,7-13H2,1-3H3,(H,25,27). The Morgan fingerprint density at radius 2 is 1.66 bits per heavy atom. The maximum absolute atomic E-state index is 13.2. The van der Waals surface area contributed by atoms with E-state index < -0.39 is 0 Å². The topological polar surface area (TPSA) is 64.4 Å². The number of hydrogen-bond donors (Lipinski definition) is 1. The van der Waals surface area contributed by atoms with Crippen LogP contribution < -0.4 is 10.1 Å². The first-order valence-electron chi connectivity index (χ1n) is 10.9. The van der Waals surface area contributed by atoms with E-state index in [0.29, 0.717) is 11.5 Å². The SMILES string of the molecule is Cc1cc(C)cc(OCc2c(C(=O)NC34CC5CC(CC(C5)C3)C4)noc2C)c1. The third-order valence-electron chi connectivity index (χ3n) is 7.20. The molecule has 0 aliphatic heterocycles. The summed E-state index contributed by atoms with van der Waals surface area (Å²) in [5.74, 6) is 3.69. The molecule has 4 aliphatic carbocycles. The minimum Gasteiger partial charge on any atom is -0.489 e. The molecule has 1 N–H and O–H groups in total. The highest BCUT2D eigenvalue weighted by Gasteiger charge is 2.51. The van der Waals surface area contributed by atoms with Gasteiger partial charge in [0.15, 0.2) is 5.69 Å². The van der Waals surface area contributed by atoms with Gasteiger partial charge >= 0.3 is 0 Å². The number of ether oxygens (including phenoxy) is 1. The van der Waals surface area contributed by atoms with Gasteiger partial charge in [-0.3, -0.25) is 4.79 Å². The van der Waals surface area contributed by atoms with Crippen molar-refractivity contribution in [2.24, 2.45) is 17.8 Å². The number of carbonyl (C=O) groups is 1. The molecule has 0 unspecified atom stereocenters. The first kappa shape index (κ1) is 18.7. The smallest absolute Gasteiger partial charge is 0.274 e. The molecule has 1 amide bonds. The molecule has 0 saturated heterocycles. The molecular formula is C24H30N2O3. The lowest BCUT2D eigenvalue weighted by atomic mass is 9.53. The number of carbonyl (C=O) groups excluding carboxylic acids is 1. The summed E-state index contributed by atoms with van der Waals surface area (Å²) in [5, 5.41) is 7.49. The molecule has 1 aromatic heterocycles. The lowest BCUT2D eigenvalue weighted by molar-refractivity contribution is -0.0168. The van der Waals surface area contributed by atoms with Gasteiger partial charge < -0.3 is 14.6 Å². The average molecular weight is 395 g/mol. The highest BCUT2D eigenvalue weighted by Crippen LogP contribution is 2.55. The van der Waals surface area contributed by atoms with E-state index in [0.717, 1.165) is 59.5 Å². The van der Waals surface area contributed by atoms with Crippen molar-refractivity contribution in [1.82, 2.24) is 10.5 Å². The van der Waals surface area contributed by atoms with Crippen molar-refractivity contribution in [1.29, 1.82) is 0 Å². The predicted molar refractivity (Wildman–Crippen MR) is 110 cm³/mol. The normalized spacial score (nSPS) is 29.8. The highest BCUT2D eigenvalue weighted by atomic mass is 16.5. The summed E-state index contributed by atoms with van der Waals surface area (Å²) >= 11 is 0. The van der Waals surface area contributed by atoms with E-state index in [1.807, 2.05) is 19.1 Å². The van der Waals surface area contributed by atoms with Crippen LogP contribution in [0.5, 0.6) is 5.75 Å². The average Bonchev–Trinajstić information content (AvgIpc) is 2.98. The summed E-state index contributed by atoms with van der Waals surface area (Å²) in [6.45, 7) is 6.22. The van der Waals surface area contributed by atoms with E-state index >= 15 is 0 Å². The fourth-order valence-corrected chi connectivity index (χ4v) is 6.48. The number of hydrogen-bond acceptors (Lipinski definition) is 4. The summed E-state index contributed by atoms with van der Waals surface area (Å²) in [6.07, 6.45) is 7.43. The first-order chi connectivity index (χ1) is 13.9. The molecule has 2 aromatic rings. The third kappa shape index (κ3) is 3.56. The Kier molecular flexibility index (Phi) is 4.45. The number of nitrogens with zero attached hydrogens (tertiary/aromatic N) is 1. The van der Waals surface area contributed by atoms with E-state index in [1.165, 1.54) is 19.3 Å². The second-order valence-corrected chi connectivity index (χ2v) is 9.83. The Labute approximate surface area is 172 Å². The zero-order valence-corrected chi connectivity index (χ0v) is 17.6. The molecule has 0 atom stereocenters. The molecule has 4 bridgehead atoms. The predicted octanol–water partition coefficient (Wildman–Crippen LogP) is 4.88. The Balaban J connectivity index is 1.32. The van der Waals surface area contributed by atoms with Crippen molar-refractivity contribution in [3.05, 3.63) is 46.3 Å². The van der Waals surface area contributed by atoms with Gasteiger partial charge in [-0.05, 0) is 100 Å². The largest absolute Gasteiger partial charge is 0.489 e. The maximum atomic E-state index is 13.2. The molecular weight excluding hydrogens is 364 g/mol. The van der Waals surface area contributed by atoms with Crippen LogP contribution in [-0.2, 0) is 6.61 Å². The molecule has 0 radical (unpaired) electrons. The van der Waals surface area contributed by atoms with Crippen molar-refractivity contribution in [3.8, 4) is 5.75 Å². The van der Waals surface area contributed by atoms with Crippen LogP contribution >= 0.6 is 0 Å². The summed E-state index contributed by atoms with van der Waals surface area (Å²) in [6, 6.07) is 6.12. The van der Waals surface area contributed by atoms with Gasteiger partial charge in [-0.25, -0.2) is 0 Å². The van der Waals surface area contributed by atoms with Gasteiger partial charge in [0.05, 0.1) is 5.56 Å². The number of aryl methyl sites for hydroxylation is 3. The fourth-order valence-electron chi connectivity index (χ4n) is 6.48. The van der Waals surface area contributed by atoms with Gasteiger partial charge in [0.1, 0.15) is 18.1 Å². The molecule has 1 aromatic carbocycles. The molecule has 4 saturated carbocycles. The van der Waals surface area contributed by atoms with Crippen LogP contribution in [0.1, 0.15) is 71.5 Å². The Morgan fingerprint density at radius 1 is 1.07 bits per heavy atom. The molecule has 6 rings (SSSR count). The van der Waals surface area contributed by atoms with Crippen molar-refractivity contribution >= 4 is 5.91 Å². The van der Waals surface area contributed by atoms with Crippen molar-refractivity contribution in [2.75, 3.05) is 0 Å². The number of benzene rings is 1. The van der Waals surface area contributed by atoms with Crippen LogP contribution in [0.25, 0.3) is 0 Å². The third-order valence-corrected chi connectivity index (χ3v) is 7.20. The summed E-state index contributed by atoms with van der Waals surface area (Å²) < 4.78 is 11.4. The van der Waals surface area contributed by atoms with E-state index in [4.69, 9.17) is 9.26 Å². The molecule has 0 spiro atoms. The van der Waals surface area contributed by atoms with Gasteiger partial charge in [0.2, 0.25) is 0 Å². The number of nitrogens with one attached hydrogen (secondary N) is 1. The number of amides is 1. The van der Waals surface area contributed by atoms with Gasteiger partial charge in [-0.1, -0.05) is 11.2 Å². The summed E-state index contributed by atoms with van der Waals surface area (Å²) in [5.41, 5.74) is 3.39. The van der Waals surface area contributed by atoms with E-state index in [2.05, 4.69) is 30.4 Å². The van der Waals surface area contributed by atoms with E-state index in [9.17, 15) is 4.79 Å². The maximum Gasteiger partial charge on any atom is 0.274 e. The van der Waals surface area contributed by atoms with Crippen LogP contribution in [0.3, 0.4) is 0 Å². The molecule has 5 nitrogen and oxygen atoms in total. The van der Waals surface area contributed by atoms with Crippen LogP contribution in [-0.4, -0.2) is 16.6 Å². The number of aromatic nitrogens is 1. The van der Waals surface area contributed by atoms with Gasteiger partial charge in [0, 0.05) is 5.54 Å². The Morgan fingerprint density at radius 3 is 2.24 bits per heavy atom. The van der Waals surface area contributed by atoms with Crippen molar-refractivity contribution in [2.45, 2.75) is 71.4 Å². The monoisotopic (exact) mass is 394 g/mol. The quantitative estimate of drug-likeness (QED) is 0.785. The number of rotatable bonds is 5. The molecule has 154 valence electrons. The van der Waals surface area contributed by atoms with Crippen LogP contribution in [0.2, 0.25) is 0 Å². The van der Waals surface area contributed by atoms with Gasteiger partial charge in [0.25, 0.3) is 5.91 Å². The van der Waals surface area contributed by atoms with Crippen LogP contribution in [0.4, 0.5) is 0 Å².